The van der Waals surface area contributed by atoms with Crippen molar-refractivity contribution in [3.63, 3.8) is 0 Å². The lowest BCUT2D eigenvalue weighted by Crippen LogP contribution is -2.53. The van der Waals surface area contributed by atoms with Crippen LogP contribution >= 0.6 is 11.6 Å². The van der Waals surface area contributed by atoms with Gasteiger partial charge < -0.3 is 9.80 Å². The number of halogens is 1. The molecule has 0 radical (unpaired) electrons. The molecular weight excluding hydrogens is 264 g/mol. The van der Waals surface area contributed by atoms with Gasteiger partial charge in [0.1, 0.15) is 0 Å². The number of hydrogen-bond donors (Lipinski definition) is 0. The Hall–Kier alpha value is -1.55. The molecule has 0 spiro atoms. The maximum atomic E-state index is 12.4. The first-order valence-corrected chi connectivity index (χ1v) is 6.87. The number of hydrogen-bond acceptors (Lipinski definition) is 2. The van der Waals surface area contributed by atoms with Crippen molar-refractivity contribution in [3.05, 3.63) is 34.9 Å². The maximum absolute atomic E-state index is 12.4. The van der Waals surface area contributed by atoms with Gasteiger partial charge in [0, 0.05) is 42.7 Å². The van der Waals surface area contributed by atoms with Crippen LogP contribution in [0, 0.1) is 0 Å². The number of fused-ring (bicyclic) bond motifs is 1. The molecule has 0 aliphatic carbocycles. The summed E-state index contributed by atoms with van der Waals surface area (Å²) in [6.45, 7) is 1.92. The molecule has 1 unspecified atom stereocenters. The predicted octanol–water partition coefficient (Wildman–Crippen LogP) is 1.79. The van der Waals surface area contributed by atoms with E-state index in [1.54, 1.807) is 24.3 Å². The molecular formula is C14H15ClN2O2. The molecule has 2 saturated heterocycles. The van der Waals surface area contributed by atoms with Crippen LogP contribution in [-0.4, -0.2) is 47.3 Å². The van der Waals surface area contributed by atoms with Crippen molar-refractivity contribution in [2.75, 3.05) is 19.6 Å². The first kappa shape index (κ1) is 12.5. The molecule has 0 aromatic heterocycles. The number of benzene rings is 1. The van der Waals surface area contributed by atoms with Crippen LogP contribution in [0.4, 0.5) is 0 Å². The third-order valence-electron chi connectivity index (χ3n) is 3.87. The molecule has 2 aliphatic heterocycles. The Balaban J connectivity index is 1.72. The zero-order valence-electron chi connectivity index (χ0n) is 10.5. The van der Waals surface area contributed by atoms with E-state index in [2.05, 4.69) is 0 Å². The Kier molecular flexibility index (Phi) is 3.19. The second-order valence-corrected chi connectivity index (χ2v) is 5.47. The molecule has 3 rings (SSSR count). The van der Waals surface area contributed by atoms with E-state index in [1.165, 1.54) is 0 Å². The number of piperazine rings is 1. The van der Waals surface area contributed by atoms with Crippen molar-refractivity contribution in [2.45, 2.75) is 18.9 Å². The number of nitrogens with zero attached hydrogens (tertiary/aromatic N) is 2. The Morgan fingerprint density at radius 3 is 2.68 bits per heavy atom. The molecule has 100 valence electrons. The van der Waals surface area contributed by atoms with E-state index >= 15 is 0 Å². The monoisotopic (exact) mass is 278 g/mol. The van der Waals surface area contributed by atoms with E-state index in [1.807, 2.05) is 9.80 Å². The van der Waals surface area contributed by atoms with Gasteiger partial charge in [-0.2, -0.15) is 0 Å². The minimum absolute atomic E-state index is 0.0238. The van der Waals surface area contributed by atoms with Crippen molar-refractivity contribution >= 4 is 23.4 Å². The predicted molar refractivity (Wildman–Crippen MR) is 72.1 cm³/mol. The lowest BCUT2D eigenvalue weighted by molar-refractivity contribution is -0.130. The van der Waals surface area contributed by atoms with Crippen LogP contribution in [0.15, 0.2) is 24.3 Å². The minimum Gasteiger partial charge on any atom is -0.336 e. The zero-order chi connectivity index (χ0) is 13.4. The number of carbonyl (C=O) groups is 2. The Morgan fingerprint density at radius 1 is 1.21 bits per heavy atom. The van der Waals surface area contributed by atoms with Gasteiger partial charge in [0.2, 0.25) is 5.91 Å². The van der Waals surface area contributed by atoms with E-state index in [0.29, 0.717) is 36.6 Å². The molecule has 5 heteroatoms. The highest BCUT2D eigenvalue weighted by Gasteiger charge is 2.36. The molecule has 2 heterocycles. The van der Waals surface area contributed by atoms with Crippen LogP contribution in [0.2, 0.25) is 5.02 Å². The van der Waals surface area contributed by atoms with E-state index < -0.39 is 0 Å². The van der Waals surface area contributed by atoms with Gasteiger partial charge >= 0.3 is 0 Å². The number of carbonyl (C=O) groups excluding carboxylic acids is 2. The second kappa shape index (κ2) is 4.85. The average Bonchev–Trinajstić information content (AvgIpc) is 2.80. The highest BCUT2D eigenvalue weighted by molar-refractivity contribution is 6.30. The van der Waals surface area contributed by atoms with Gasteiger partial charge in [0.25, 0.3) is 5.91 Å². The summed E-state index contributed by atoms with van der Waals surface area (Å²) in [5.41, 5.74) is 0.655. The summed E-state index contributed by atoms with van der Waals surface area (Å²) in [6, 6.07) is 7.15. The van der Waals surface area contributed by atoms with Crippen LogP contribution in [-0.2, 0) is 4.79 Å². The smallest absolute Gasteiger partial charge is 0.253 e. The quantitative estimate of drug-likeness (QED) is 0.786. The Labute approximate surface area is 116 Å². The summed E-state index contributed by atoms with van der Waals surface area (Å²) >= 11 is 5.82. The summed E-state index contributed by atoms with van der Waals surface area (Å²) in [7, 11) is 0. The van der Waals surface area contributed by atoms with Gasteiger partial charge in [-0.3, -0.25) is 9.59 Å². The van der Waals surface area contributed by atoms with Gasteiger partial charge in [0.15, 0.2) is 0 Å². The molecule has 4 nitrogen and oxygen atoms in total. The fraction of sp³-hybridized carbons (Fsp3) is 0.429. The van der Waals surface area contributed by atoms with Crippen molar-refractivity contribution < 1.29 is 9.59 Å². The van der Waals surface area contributed by atoms with Crippen LogP contribution < -0.4 is 0 Å². The van der Waals surface area contributed by atoms with Gasteiger partial charge in [-0.25, -0.2) is 0 Å². The van der Waals surface area contributed by atoms with Crippen molar-refractivity contribution in [3.8, 4) is 0 Å². The topological polar surface area (TPSA) is 40.6 Å². The van der Waals surface area contributed by atoms with E-state index in [0.717, 1.165) is 6.42 Å². The summed E-state index contributed by atoms with van der Waals surface area (Å²) in [6.07, 6.45) is 1.48. The van der Waals surface area contributed by atoms with Crippen molar-refractivity contribution in [1.82, 2.24) is 9.80 Å². The van der Waals surface area contributed by atoms with Crippen LogP contribution in [0.3, 0.4) is 0 Å². The number of amides is 2. The molecule has 2 amide bonds. The highest BCUT2D eigenvalue weighted by atomic mass is 35.5. The van der Waals surface area contributed by atoms with Crippen LogP contribution in [0.5, 0.6) is 0 Å². The lowest BCUT2D eigenvalue weighted by Gasteiger charge is -2.37. The standard InChI is InChI=1S/C14H15ClN2O2/c15-11-3-1-10(2-4-11)14(19)16-7-8-17-12(9-16)5-6-13(17)18/h1-4,12H,5-9H2. The van der Waals surface area contributed by atoms with Crippen molar-refractivity contribution in [2.24, 2.45) is 0 Å². The van der Waals surface area contributed by atoms with E-state index in [9.17, 15) is 9.59 Å². The molecule has 2 fully saturated rings. The Morgan fingerprint density at radius 2 is 1.95 bits per heavy atom. The van der Waals surface area contributed by atoms with Gasteiger partial charge in [-0.15, -0.1) is 0 Å². The summed E-state index contributed by atoms with van der Waals surface area (Å²) < 4.78 is 0. The molecule has 2 aliphatic rings. The third-order valence-corrected chi connectivity index (χ3v) is 4.12. The van der Waals surface area contributed by atoms with E-state index in [4.69, 9.17) is 11.6 Å². The molecule has 19 heavy (non-hydrogen) atoms. The maximum Gasteiger partial charge on any atom is 0.253 e. The first-order valence-electron chi connectivity index (χ1n) is 6.49. The summed E-state index contributed by atoms with van der Waals surface area (Å²) in [5, 5.41) is 0.628. The SMILES string of the molecule is O=C(c1ccc(Cl)cc1)N1CCN2C(=O)CCC2C1. The zero-order valence-corrected chi connectivity index (χ0v) is 11.3. The fourth-order valence-electron chi connectivity index (χ4n) is 2.82. The molecule has 1 atom stereocenters. The fourth-order valence-corrected chi connectivity index (χ4v) is 2.95. The summed E-state index contributed by atoms with van der Waals surface area (Å²) in [5.74, 6) is 0.249. The van der Waals surface area contributed by atoms with Gasteiger partial charge in [0.05, 0.1) is 0 Å². The number of rotatable bonds is 1. The molecule has 0 saturated carbocycles. The molecule has 1 aromatic carbocycles. The van der Waals surface area contributed by atoms with Gasteiger partial charge in [-0.1, -0.05) is 11.6 Å². The molecule has 0 bridgehead atoms. The molecule has 0 N–H and O–H groups in total. The van der Waals surface area contributed by atoms with Crippen LogP contribution in [0.1, 0.15) is 23.2 Å². The van der Waals surface area contributed by atoms with Gasteiger partial charge in [-0.05, 0) is 30.7 Å². The molecule has 1 aromatic rings. The summed E-state index contributed by atoms with van der Waals surface area (Å²) in [4.78, 5) is 27.7. The minimum atomic E-state index is 0.0238. The third kappa shape index (κ3) is 2.32. The normalized spacial score (nSPS) is 22.6. The average molecular weight is 279 g/mol. The van der Waals surface area contributed by atoms with Crippen molar-refractivity contribution in [1.29, 1.82) is 0 Å². The van der Waals surface area contributed by atoms with E-state index in [-0.39, 0.29) is 17.9 Å². The highest BCUT2D eigenvalue weighted by Crippen LogP contribution is 2.24. The first-order chi connectivity index (χ1) is 9.15. The second-order valence-electron chi connectivity index (χ2n) is 5.04. The van der Waals surface area contributed by atoms with Crippen LogP contribution in [0.25, 0.3) is 0 Å². The lowest BCUT2D eigenvalue weighted by atomic mass is 10.1. The Bertz CT molecular complexity index is 515. The largest absolute Gasteiger partial charge is 0.336 e.